The summed E-state index contributed by atoms with van der Waals surface area (Å²) in [6.07, 6.45) is 0. The Morgan fingerprint density at radius 2 is 1.78 bits per heavy atom. The molecule has 2 aromatic carbocycles. The third-order valence-corrected chi connectivity index (χ3v) is 3.35. The van der Waals surface area contributed by atoms with E-state index >= 15 is 0 Å². The monoisotopic (exact) mass is 243 g/mol. The summed E-state index contributed by atoms with van der Waals surface area (Å²) in [5.41, 5.74) is 4.34. The highest BCUT2D eigenvalue weighted by Crippen LogP contribution is 2.31. The molecule has 0 aliphatic heterocycles. The van der Waals surface area contributed by atoms with Gasteiger partial charge in [-0.25, -0.2) is 4.39 Å². The first-order chi connectivity index (χ1) is 8.63. The number of hydrogen-bond acceptors (Lipinski definition) is 1. The molecule has 2 heteroatoms. The molecule has 2 aromatic rings. The van der Waals surface area contributed by atoms with E-state index in [1.807, 2.05) is 44.3 Å². The zero-order valence-electron chi connectivity index (χ0n) is 11.0. The zero-order valence-corrected chi connectivity index (χ0v) is 11.0. The largest absolute Gasteiger partial charge is 0.313 e. The Balaban J connectivity index is 2.62. The molecular formula is C16H18FN. The van der Waals surface area contributed by atoms with Gasteiger partial charge in [0.05, 0.1) is 0 Å². The molecule has 94 valence electrons. The fourth-order valence-electron chi connectivity index (χ4n) is 2.17. The summed E-state index contributed by atoms with van der Waals surface area (Å²) < 4.78 is 13.5. The van der Waals surface area contributed by atoms with Crippen LogP contribution >= 0.6 is 0 Å². The van der Waals surface area contributed by atoms with Gasteiger partial charge in [-0.2, -0.15) is 0 Å². The highest BCUT2D eigenvalue weighted by molar-refractivity contribution is 5.71. The second-order valence-electron chi connectivity index (χ2n) is 4.56. The molecule has 0 saturated heterocycles. The average molecular weight is 243 g/mol. The fourth-order valence-corrected chi connectivity index (χ4v) is 2.17. The molecule has 0 spiro atoms. The van der Waals surface area contributed by atoms with Gasteiger partial charge in [0.25, 0.3) is 0 Å². The Morgan fingerprint density at radius 3 is 2.44 bits per heavy atom. The first-order valence-corrected chi connectivity index (χ1v) is 6.16. The molecule has 0 aliphatic carbocycles. The van der Waals surface area contributed by atoms with E-state index in [0.29, 0.717) is 0 Å². The summed E-state index contributed by atoms with van der Waals surface area (Å²) in [6.45, 7) is 4.13. The lowest BCUT2D eigenvalue weighted by molar-refractivity contribution is 0.620. The molecule has 0 amide bonds. The van der Waals surface area contributed by atoms with E-state index in [4.69, 9.17) is 0 Å². The molecule has 1 unspecified atom stereocenters. The van der Waals surface area contributed by atoms with Crippen molar-refractivity contribution in [1.29, 1.82) is 0 Å². The van der Waals surface area contributed by atoms with Crippen molar-refractivity contribution in [3.63, 3.8) is 0 Å². The first-order valence-electron chi connectivity index (χ1n) is 6.16. The zero-order chi connectivity index (χ0) is 13.1. The van der Waals surface area contributed by atoms with Gasteiger partial charge in [0.2, 0.25) is 0 Å². The predicted molar refractivity (Wildman–Crippen MR) is 74.0 cm³/mol. The smallest absolute Gasteiger partial charge is 0.123 e. The standard InChI is InChI=1S/C16H18FN/c1-11-6-4-5-7-14(11)16-10-13(17)8-9-15(16)12(2)18-3/h4-10,12,18H,1-3H3. The molecule has 0 saturated carbocycles. The molecule has 0 fully saturated rings. The van der Waals surface area contributed by atoms with Gasteiger partial charge in [0, 0.05) is 6.04 Å². The van der Waals surface area contributed by atoms with Crippen molar-refractivity contribution in [2.45, 2.75) is 19.9 Å². The minimum atomic E-state index is -0.194. The number of aryl methyl sites for hydroxylation is 1. The van der Waals surface area contributed by atoms with E-state index in [1.54, 1.807) is 6.07 Å². The van der Waals surface area contributed by atoms with Crippen LogP contribution < -0.4 is 5.32 Å². The Morgan fingerprint density at radius 1 is 1.06 bits per heavy atom. The van der Waals surface area contributed by atoms with Crippen LogP contribution in [0.2, 0.25) is 0 Å². The van der Waals surface area contributed by atoms with Gasteiger partial charge in [0.1, 0.15) is 5.82 Å². The average Bonchev–Trinajstić information content (AvgIpc) is 2.38. The van der Waals surface area contributed by atoms with Crippen LogP contribution in [0.3, 0.4) is 0 Å². The van der Waals surface area contributed by atoms with Crippen molar-refractivity contribution in [3.05, 3.63) is 59.4 Å². The number of halogens is 1. The van der Waals surface area contributed by atoms with Crippen molar-refractivity contribution in [1.82, 2.24) is 5.32 Å². The van der Waals surface area contributed by atoms with Crippen molar-refractivity contribution in [2.75, 3.05) is 7.05 Å². The number of benzene rings is 2. The lowest BCUT2D eigenvalue weighted by Gasteiger charge is -2.17. The third kappa shape index (κ3) is 2.44. The molecule has 1 nitrogen and oxygen atoms in total. The van der Waals surface area contributed by atoms with Gasteiger partial charge >= 0.3 is 0 Å². The summed E-state index contributed by atoms with van der Waals surface area (Å²) in [7, 11) is 1.91. The van der Waals surface area contributed by atoms with Crippen LogP contribution in [0, 0.1) is 12.7 Å². The highest BCUT2D eigenvalue weighted by atomic mass is 19.1. The van der Waals surface area contributed by atoms with E-state index < -0.39 is 0 Å². The minimum Gasteiger partial charge on any atom is -0.313 e. The lowest BCUT2D eigenvalue weighted by atomic mass is 9.93. The molecule has 2 rings (SSSR count). The van der Waals surface area contributed by atoms with E-state index in [2.05, 4.69) is 12.2 Å². The summed E-state index contributed by atoms with van der Waals surface area (Å²) in [5.74, 6) is -0.194. The van der Waals surface area contributed by atoms with Crippen molar-refractivity contribution < 1.29 is 4.39 Å². The van der Waals surface area contributed by atoms with Crippen LogP contribution in [-0.4, -0.2) is 7.05 Å². The maximum absolute atomic E-state index is 13.5. The minimum absolute atomic E-state index is 0.194. The van der Waals surface area contributed by atoms with E-state index in [9.17, 15) is 4.39 Å². The van der Waals surface area contributed by atoms with Crippen LogP contribution in [0.5, 0.6) is 0 Å². The Labute approximate surface area is 108 Å². The van der Waals surface area contributed by atoms with Crippen LogP contribution in [0.4, 0.5) is 4.39 Å². The summed E-state index contributed by atoms with van der Waals surface area (Å²) in [4.78, 5) is 0. The second-order valence-corrected chi connectivity index (χ2v) is 4.56. The summed E-state index contributed by atoms with van der Waals surface area (Å²) >= 11 is 0. The van der Waals surface area contributed by atoms with E-state index in [1.165, 1.54) is 6.07 Å². The fraction of sp³-hybridized carbons (Fsp3) is 0.250. The maximum Gasteiger partial charge on any atom is 0.123 e. The van der Waals surface area contributed by atoms with Crippen LogP contribution in [-0.2, 0) is 0 Å². The van der Waals surface area contributed by atoms with Crippen LogP contribution in [0.25, 0.3) is 11.1 Å². The van der Waals surface area contributed by atoms with Gasteiger partial charge in [-0.15, -0.1) is 0 Å². The van der Waals surface area contributed by atoms with Gasteiger partial charge < -0.3 is 5.32 Å². The normalized spacial score (nSPS) is 12.4. The van der Waals surface area contributed by atoms with Crippen LogP contribution in [0.15, 0.2) is 42.5 Å². The quantitative estimate of drug-likeness (QED) is 0.856. The number of rotatable bonds is 3. The number of hydrogen-bond donors (Lipinski definition) is 1. The molecule has 0 radical (unpaired) electrons. The van der Waals surface area contributed by atoms with Gasteiger partial charge in [-0.05, 0) is 55.3 Å². The van der Waals surface area contributed by atoms with Gasteiger partial charge in [0.15, 0.2) is 0 Å². The first kappa shape index (κ1) is 12.8. The molecule has 1 atom stereocenters. The Hall–Kier alpha value is -1.67. The van der Waals surface area contributed by atoms with Crippen molar-refractivity contribution in [3.8, 4) is 11.1 Å². The van der Waals surface area contributed by atoms with Gasteiger partial charge in [-0.3, -0.25) is 0 Å². The third-order valence-electron chi connectivity index (χ3n) is 3.35. The van der Waals surface area contributed by atoms with Gasteiger partial charge in [-0.1, -0.05) is 30.3 Å². The molecular weight excluding hydrogens is 225 g/mol. The molecule has 0 aromatic heterocycles. The molecule has 0 aliphatic rings. The predicted octanol–water partition coefficient (Wildman–Crippen LogP) is 4.08. The topological polar surface area (TPSA) is 12.0 Å². The summed E-state index contributed by atoms with van der Waals surface area (Å²) in [6, 6.07) is 13.3. The molecule has 0 heterocycles. The SMILES string of the molecule is CNC(C)c1ccc(F)cc1-c1ccccc1C. The second kappa shape index (κ2) is 5.32. The van der Waals surface area contributed by atoms with Crippen LogP contribution in [0.1, 0.15) is 24.1 Å². The van der Waals surface area contributed by atoms with Crippen molar-refractivity contribution in [2.24, 2.45) is 0 Å². The molecule has 18 heavy (non-hydrogen) atoms. The maximum atomic E-state index is 13.5. The molecule has 1 N–H and O–H groups in total. The summed E-state index contributed by atoms with van der Waals surface area (Å²) in [5, 5.41) is 3.21. The Bertz CT molecular complexity index is 549. The number of nitrogens with one attached hydrogen (secondary N) is 1. The highest BCUT2D eigenvalue weighted by Gasteiger charge is 2.12. The van der Waals surface area contributed by atoms with E-state index in [-0.39, 0.29) is 11.9 Å². The lowest BCUT2D eigenvalue weighted by Crippen LogP contribution is -2.13. The van der Waals surface area contributed by atoms with E-state index in [0.717, 1.165) is 22.3 Å². The van der Waals surface area contributed by atoms with Crippen molar-refractivity contribution >= 4 is 0 Å². The Kier molecular flexibility index (Phi) is 3.78. The molecule has 0 bridgehead atoms.